The van der Waals surface area contributed by atoms with Crippen LogP contribution in [0.2, 0.25) is 0 Å². The zero-order chi connectivity index (χ0) is 13.0. The molecule has 0 radical (unpaired) electrons. The van der Waals surface area contributed by atoms with Crippen molar-refractivity contribution in [2.24, 2.45) is 5.92 Å². The maximum Gasteiger partial charge on any atom is 0.412 e. The Morgan fingerprint density at radius 1 is 1.35 bits per heavy atom. The van der Waals surface area contributed by atoms with Gasteiger partial charge in [0.05, 0.1) is 11.0 Å². The molecule has 1 N–H and O–H groups in total. The van der Waals surface area contributed by atoms with Crippen molar-refractivity contribution in [1.82, 2.24) is 5.32 Å². The maximum atomic E-state index is 12.9. The highest BCUT2D eigenvalue weighted by Crippen LogP contribution is 2.46. The molecule has 3 nitrogen and oxygen atoms in total. The Morgan fingerprint density at radius 3 is 2.47 bits per heavy atom. The number of halogens is 4. The van der Waals surface area contributed by atoms with E-state index in [2.05, 4.69) is 0 Å². The Morgan fingerprint density at radius 2 is 1.94 bits per heavy atom. The first-order valence-corrected chi connectivity index (χ1v) is 5.07. The molecule has 1 heterocycles. The van der Waals surface area contributed by atoms with Crippen molar-refractivity contribution < 1.29 is 22.8 Å². The number of allylic oxidation sites excluding steroid dienone is 3. The maximum absolute atomic E-state index is 12.9. The molecule has 0 aromatic carbocycles. The fourth-order valence-corrected chi connectivity index (χ4v) is 2.19. The van der Waals surface area contributed by atoms with Crippen molar-refractivity contribution in [2.45, 2.75) is 18.6 Å². The van der Waals surface area contributed by atoms with Crippen LogP contribution in [0.3, 0.4) is 0 Å². The molecule has 1 saturated heterocycles. The van der Waals surface area contributed by atoms with Gasteiger partial charge < -0.3 is 5.32 Å². The molecule has 1 aliphatic heterocycles. The number of Topliss-reactive ketones (excluding diaryl/α,β-unsaturated/α-hetero) is 1. The molecule has 1 amide bonds. The Labute approximate surface area is 99.3 Å². The van der Waals surface area contributed by atoms with Gasteiger partial charge in [-0.25, -0.2) is 0 Å². The van der Waals surface area contributed by atoms with E-state index in [4.69, 9.17) is 11.6 Å². The van der Waals surface area contributed by atoms with E-state index in [1.165, 1.54) is 0 Å². The largest absolute Gasteiger partial charge is 0.412 e. The third-order valence-corrected chi connectivity index (χ3v) is 3.33. The number of carbonyl (C=O) groups excluding carboxylic acids is 2. The van der Waals surface area contributed by atoms with E-state index < -0.39 is 29.3 Å². The van der Waals surface area contributed by atoms with E-state index in [-0.39, 0.29) is 10.6 Å². The number of ketones is 1. The summed E-state index contributed by atoms with van der Waals surface area (Å²) in [6.07, 6.45) is -2.44. The molecule has 2 rings (SSSR count). The van der Waals surface area contributed by atoms with E-state index in [0.717, 1.165) is 19.1 Å². The molecule has 0 bridgehead atoms. The van der Waals surface area contributed by atoms with Crippen LogP contribution in [0.4, 0.5) is 13.2 Å². The second kappa shape index (κ2) is 3.35. The minimum Gasteiger partial charge on any atom is -0.337 e. The third-order valence-electron chi connectivity index (χ3n) is 3.02. The lowest BCUT2D eigenvalue weighted by Crippen LogP contribution is -2.57. The summed E-state index contributed by atoms with van der Waals surface area (Å²) in [5.41, 5.74) is -2.79. The smallest absolute Gasteiger partial charge is 0.337 e. The molecule has 2 unspecified atom stereocenters. The van der Waals surface area contributed by atoms with E-state index in [1.54, 1.807) is 0 Å². The van der Waals surface area contributed by atoms with Crippen molar-refractivity contribution in [1.29, 1.82) is 0 Å². The van der Waals surface area contributed by atoms with Gasteiger partial charge in [0.25, 0.3) is 0 Å². The summed E-state index contributed by atoms with van der Waals surface area (Å²) < 4.78 is 38.8. The van der Waals surface area contributed by atoms with Crippen LogP contribution in [0.15, 0.2) is 22.8 Å². The number of hydrogen-bond acceptors (Lipinski definition) is 2. The van der Waals surface area contributed by atoms with Crippen LogP contribution in [0.5, 0.6) is 0 Å². The molecule has 0 aromatic heterocycles. The van der Waals surface area contributed by atoms with E-state index in [9.17, 15) is 22.8 Å². The number of rotatable bonds is 0. The lowest BCUT2D eigenvalue weighted by Gasteiger charge is -2.32. The molecule has 0 saturated carbocycles. The van der Waals surface area contributed by atoms with Crippen molar-refractivity contribution in [3.8, 4) is 0 Å². The van der Waals surface area contributed by atoms with Crippen LogP contribution >= 0.6 is 11.6 Å². The first kappa shape index (κ1) is 12.2. The molecule has 1 fully saturated rings. The predicted octanol–water partition coefficient (Wildman–Crippen LogP) is 1.69. The minimum absolute atomic E-state index is 0.195. The van der Waals surface area contributed by atoms with Crippen molar-refractivity contribution >= 4 is 23.3 Å². The fraction of sp³-hybridized carbons (Fsp3) is 0.400. The molecule has 7 heteroatoms. The number of carbonyl (C=O) groups is 2. The highest BCUT2D eigenvalue weighted by atomic mass is 35.5. The topological polar surface area (TPSA) is 46.2 Å². The second-order valence-corrected chi connectivity index (χ2v) is 4.50. The molecule has 17 heavy (non-hydrogen) atoms. The summed E-state index contributed by atoms with van der Waals surface area (Å²) in [5, 5.41) is 1.52. The summed E-state index contributed by atoms with van der Waals surface area (Å²) >= 11 is 5.52. The van der Waals surface area contributed by atoms with Crippen LogP contribution in [0.25, 0.3) is 0 Å². The lowest BCUT2D eigenvalue weighted by atomic mass is 9.78. The lowest BCUT2D eigenvalue weighted by molar-refractivity contribution is -0.197. The standard InChI is InChI=1S/C10H7ClF3NO2/c1-9(10(12,13)14)6-4(8(17)15-9)2-3-5(11)7(6)16/h2-3,6H,1H3,(H,15,17). The van der Waals surface area contributed by atoms with Gasteiger partial charge >= 0.3 is 6.18 Å². The van der Waals surface area contributed by atoms with Crippen LogP contribution in [-0.4, -0.2) is 23.4 Å². The van der Waals surface area contributed by atoms with E-state index in [0.29, 0.717) is 0 Å². The van der Waals surface area contributed by atoms with Crippen LogP contribution in [0, 0.1) is 5.92 Å². The highest BCUT2D eigenvalue weighted by molar-refractivity contribution is 6.44. The van der Waals surface area contributed by atoms with Gasteiger partial charge in [-0.3, -0.25) is 9.59 Å². The van der Waals surface area contributed by atoms with Gasteiger partial charge in [-0.15, -0.1) is 0 Å². The SMILES string of the molecule is CC1(C(F)(F)F)NC(=O)C2=CC=C(Cl)C(=O)C21. The molecule has 2 aliphatic rings. The summed E-state index contributed by atoms with van der Waals surface area (Å²) in [7, 11) is 0. The van der Waals surface area contributed by atoms with Gasteiger partial charge in [-0.2, -0.15) is 13.2 Å². The van der Waals surface area contributed by atoms with Crippen LogP contribution < -0.4 is 5.32 Å². The third kappa shape index (κ3) is 1.50. The molecular weight excluding hydrogens is 259 g/mol. The molecule has 0 spiro atoms. The second-order valence-electron chi connectivity index (χ2n) is 4.09. The first-order valence-electron chi connectivity index (χ1n) is 4.69. The summed E-state index contributed by atoms with van der Waals surface area (Å²) in [6.45, 7) is 0.782. The Bertz CT molecular complexity index is 480. The summed E-state index contributed by atoms with van der Waals surface area (Å²) in [4.78, 5) is 23.1. The van der Waals surface area contributed by atoms with Crippen LogP contribution in [-0.2, 0) is 9.59 Å². The number of amides is 1. The normalized spacial score (nSPS) is 32.9. The number of alkyl halides is 3. The van der Waals surface area contributed by atoms with E-state index in [1.807, 2.05) is 5.32 Å². The van der Waals surface area contributed by atoms with Gasteiger partial charge in [-0.1, -0.05) is 17.7 Å². The average Bonchev–Trinajstić information content (AvgIpc) is 2.45. The quantitative estimate of drug-likeness (QED) is 0.724. The predicted molar refractivity (Wildman–Crippen MR) is 53.1 cm³/mol. The van der Waals surface area contributed by atoms with Crippen LogP contribution in [0.1, 0.15) is 6.92 Å². The van der Waals surface area contributed by atoms with E-state index >= 15 is 0 Å². The average molecular weight is 266 g/mol. The molecule has 0 aromatic rings. The first-order chi connectivity index (χ1) is 7.68. The molecule has 1 aliphatic carbocycles. The number of hydrogen-bond donors (Lipinski definition) is 1. The van der Waals surface area contributed by atoms with Crippen molar-refractivity contribution in [3.63, 3.8) is 0 Å². The van der Waals surface area contributed by atoms with Gasteiger partial charge in [-0.05, 0) is 13.0 Å². The highest BCUT2D eigenvalue weighted by Gasteiger charge is 2.65. The minimum atomic E-state index is -4.73. The summed E-state index contributed by atoms with van der Waals surface area (Å²) in [5.74, 6) is -3.38. The zero-order valence-corrected chi connectivity index (χ0v) is 9.32. The van der Waals surface area contributed by atoms with Gasteiger partial charge in [0, 0.05) is 5.57 Å². The van der Waals surface area contributed by atoms with Crippen molar-refractivity contribution in [2.75, 3.05) is 0 Å². The Balaban J connectivity index is 2.57. The summed E-state index contributed by atoms with van der Waals surface area (Å²) in [6, 6.07) is 0. The monoisotopic (exact) mass is 265 g/mol. The van der Waals surface area contributed by atoms with Crippen molar-refractivity contribution in [3.05, 3.63) is 22.8 Å². The Hall–Kier alpha value is -1.30. The van der Waals surface area contributed by atoms with Gasteiger partial charge in [0.1, 0.15) is 5.54 Å². The number of nitrogens with one attached hydrogen (secondary N) is 1. The Kier molecular flexibility index (Phi) is 2.40. The molecule has 92 valence electrons. The van der Waals surface area contributed by atoms with Gasteiger partial charge in [0.2, 0.25) is 5.91 Å². The molecular formula is C10H7ClF3NO2. The fourth-order valence-electron chi connectivity index (χ4n) is 2.02. The molecule has 2 atom stereocenters. The zero-order valence-electron chi connectivity index (χ0n) is 8.56. The van der Waals surface area contributed by atoms with Gasteiger partial charge in [0.15, 0.2) is 5.78 Å². The number of fused-ring (bicyclic) bond motifs is 1.